The summed E-state index contributed by atoms with van der Waals surface area (Å²) in [6.07, 6.45) is 3.34. The molecule has 4 nitrogen and oxygen atoms in total. The lowest BCUT2D eigenvalue weighted by Crippen LogP contribution is -2.25. The maximum atomic E-state index is 12.2. The Bertz CT molecular complexity index is 797. The molecule has 1 heterocycles. The van der Waals surface area contributed by atoms with Crippen molar-refractivity contribution in [3.8, 4) is 5.69 Å². The normalized spacial score (nSPS) is 10.5. The summed E-state index contributed by atoms with van der Waals surface area (Å²) in [5.41, 5.74) is 2.76. The average Bonchev–Trinajstić information content (AvgIpc) is 3.11. The van der Waals surface area contributed by atoms with Gasteiger partial charge >= 0.3 is 0 Å². The maximum Gasteiger partial charge on any atom is 0.254 e. The summed E-state index contributed by atoms with van der Waals surface area (Å²) in [6, 6.07) is 18.1. The van der Waals surface area contributed by atoms with E-state index in [4.69, 9.17) is 0 Å². The first-order valence-corrected chi connectivity index (χ1v) is 8.79. The number of carbonyl (C=O) groups excluding carboxylic acids is 1. The van der Waals surface area contributed by atoms with Gasteiger partial charge in [0.25, 0.3) is 5.91 Å². The van der Waals surface area contributed by atoms with Gasteiger partial charge in [0.2, 0.25) is 0 Å². The van der Waals surface area contributed by atoms with E-state index in [0.29, 0.717) is 12.1 Å². The van der Waals surface area contributed by atoms with Crippen molar-refractivity contribution in [1.82, 2.24) is 15.1 Å². The zero-order valence-corrected chi connectivity index (χ0v) is 14.3. The van der Waals surface area contributed by atoms with E-state index >= 15 is 0 Å². The number of rotatable bonds is 6. The Morgan fingerprint density at radius 3 is 2.62 bits per heavy atom. The number of para-hydroxylation sites is 1. The van der Waals surface area contributed by atoms with E-state index in [0.717, 1.165) is 11.4 Å². The Balaban J connectivity index is 1.49. The van der Waals surface area contributed by atoms with Crippen LogP contribution in [0.1, 0.15) is 15.9 Å². The van der Waals surface area contributed by atoms with Gasteiger partial charge in [0.1, 0.15) is 0 Å². The Morgan fingerprint density at radius 1 is 1.12 bits per heavy atom. The molecule has 0 bridgehead atoms. The number of hydrogen-bond acceptors (Lipinski definition) is 3. The van der Waals surface area contributed by atoms with Crippen molar-refractivity contribution in [1.29, 1.82) is 0 Å². The zero-order chi connectivity index (χ0) is 16.8. The number of aryl methyl sites for hydroxylation is 1. The van der Waals surface area contributed by atoms with Crippen LogP contribution in [-0.4, -0.2) is 28.0 Å². The Kier molecular flexibility index (Phi) is 5.33. The van der Waals surface area contributed by atoms with Gasteiger partial charge in [0, 0.05) is 23.4 Å². The van der Waals surface area contributed by atoms with Crippen molar-refractivity contribution in [2.45, 2.75) is 11.8 Å². The van der Waals surface area contributed by atoms with Crippen LogP contribution in [0.4, 0.5) is 0 Å². The third-order valence-electron chi connectivity index (χ3n) is 3.54. The minimum Gasteiger partial charge on any atom is -0.351 e. The summed E-state index contributed by atoms with van der Waals surface area (Å²) in [6.45, 7) is 2.69. The largest absolute Gasteiger partial charge is 0.351 e. The second-order valence-corrected chi connectivity index (χ2v) is 6.59. The second kappa shape index (κ2) is 7.84. The molecule has 3 rings (SSSR count). The number of amides is 1. The van der Waals surface area contributed by atoms with Crippen molar-refractivity contribution in [3.63, 3.8) is 0 Å². The Hall–Kier alpha value is -2.53. The molecule has 0 aliphatic rings. The molecular formula is C19H19N3OS. The molecule has 0 fully saturated rings. The molecule has 0 atom stereocenters. The van der Waals surface area contributed by atoms with Crippen LogP contribution in [0, 0.1) is 6.92 Å². The molecule has 5 heteroatoms. The zero-order valence-electron chi connectivity index (χ0n) is 13.5. The quantitative estimate of drug-likeness (QED) is 0.551. The molecule has 0 radical (unpaired) electrons. The van der Waals surface area contributed by atoms with Gasteiger partial charge in [-0.3, -0.25) is 4.79 Å². The molecule has 0 spiro atoms. The number of hydrogen-bond donors (Lipinski definition) is 1. The summed E-state index contributed by atoms with van der Waals surface area (Å²) in [4.78, 5) is 13.4. The summed E-state index contributed by atoms with van der Waals surface area (Å²) < 4.78 is 1.70. The van der Waals surface area contributed by atoms with Crippen molar-refractivity contribution < 1.29 is 4.79 Å². The van der Waals surface area contributed by atoms with Crippen molar-refractivity contribution in [2.24, 2.45) is 0 Å². The number of carbonyl (C=O) groups is 1. The van der Waals surface area contributed by atoms with Gasteiger partial charge in [0.15, 0.2) is 0 Å². The molecule has 0 aliphatic heterocycles. The second-order valence-electron chi connectivity index (χ2n) is 5.43. The lowest BCUT2D eigenvalue weighted by atomic mass is 10.2. The molecule has 0 saturated carbocycles. The number of nitrogens with zero attached hydrogens (tertiary/aromatic N) is 2. The molecule has 2 aromatic carbocycles. The van der Waals surface area contributed by atoms with Crippen LogP contribution in [0.3, 0.4) is 0 Å². The van der Waals surface area contributed by atoms with Gasteiger partial charge in [-0.1, -0.05) is 35.9 Å². The molecule has 24 heavy (non-hydrogen) atoms. The average molecular weight is 337 g/mol. The lowest BCUT2D eigenvalue weighted by molar-refractivity contribution is 0.0956. The van der Waals surface area contributed by atoms with E-state index < -0.39 is 0 Å². The monoisotopic (exact) mass is 337 g/mol. The van der Waals surface area contributed by atoms with Gasteiger partial charge in [-0.05, 0) is 31.2 Å². The highest BCUT2D eigenvalue weighted by Crippen LogP contribution is 2.17. The minimum absolute atomic E-state index is 0.0957. The fourth-order valence-corrected chi connectivity index (χ4v) is 3.00. The standard InChI is InChI=1S/C19H19N3OS/c1-15-7-9-18(10-8-15)24-12-11-20-19(23)16-13-21-22(14-16)17-5-3-2-4-6-17/h2-10,13-14H,11-12H2,1H3,(H,20,23). The molecule has 0 unspecified atom stereocenters. The van der Waals surface area contributed by atoms with Crippen LogP contribution in [-0.2, 0) is 0 Å². The van der Waals surface area contributed by atoms with Gasteiger partial charge in [-0.15, -0.1) is 11.8 Å². The van der Waals surface area contributed by atoms with E-state index in [1.165, 1.54) is 10.5 Å². The highest BCUT2D eigenvalue weighted by atomic mass is 32.2. The van der Waals surface area contributed by atoms with Crippen molar-refractivity contribution in [3.05, 3.63) is 78.1 Å². The van der Waals surface area contributed by atoms with Crippen LogP contribution in [0.15, 0.2) is 71.9 Å². The molecule has 1 N–H and O–H groups in total. The van der Waals surface area contributed by atoms with Crippen LogP contribution < -0.4 is 5.32 Å². The molecule has 1 amide bonds. The van der Waals surface area contributed by atoms with Gasteiger partial charge in [-0.2, -0.15) is 5.10 Å². The fraction of sp³-hybridized carbons (Fsp3) is 0.158. The van der Waals surface area contributed by atoms with E-state index in [-0.39, 0.29) is 5.91 Å². The van der Waals surface area contributed by atoms with Crippen LogP contribution >= 0.6 is 11.8 Å². The first-order valence-electron chi connectivity index (χ1n) is 7.80. The Labute approximate surface area is 145 Å². The maximum absolute atomic E-state index is 12.2. The van der Waals surface area contributed by atoms with Gasteiger partial charge < -0.3 is 5.32 Å². The molecule has 0 aliphatic carbocycles. The van der Waals surface area contributed by atoms with Crippen LogP contribution in [0.25, 0.3) is 5.69 Å². The van der Waals surface area contributed by atoms with E-state index in [1.54, 1.807) is 28.8 Å². The molecule has 1 aromatic heterocycles. The molecule has 122 valence electrons. The molecular weight excluding hydrogens is 318 g/mol. The smallest absolute Gasteiger partial charge is 0.254 e. The predicted octanol–water partition coefficient (Wildman–Crippen LogP) is 3.70. The number of nitrogens with one attached hydrogen (secondary N) is 1. The summed E-state index contributed by atoms with van der Waals surface area (Å²) in [5, 5.41) is 7.17. The van der Waals surface area contributed by atoms with E-state index in [2.05, 4.69) is 41.6 Å². The summed E-state index contributed by atoms with van der Waals surface area (Å²) >= 11 is 1.73. The summed E-state index contributed by atoms with van der Waals surface area (Å²) in [5.74, 6) is 0.739. The number of benzene rings is 2. The number of aromatic nitrogens is 2. The van der Waals surface area contributed by atoms with Crippen LogP contribution in [0.5, 0.6) is 0 Å². The lowest BCUT2D eigenvalue weighted by Gasteiger charge is -2.04. The van der Waals surface area contributed by atoms with Crippen molar-refractivity contribution in [2.75, 3.05) is 12.3 Å². The van der Waals surface area contributed by atoms with E-state index in [9.17, 15) is 4.79 Å². The van der Waals surface area contributed by atoms with Crippen molar-refractivity contribution >= 4 is 17.7 Å². The summed E-state index contributed by atoms with van der Waals surface area (Å²) in [7, 11) is 0. The highest BCUT2D eigenvalue weighted by molar-refractivity contribution is 7.99. The van der Waals surface area contributed by atoms with Gasteiger partial charge in [0.05, 0.1) is 17.4 Å². The first-order chi connectivity index (χ1) is 11.7. The fourth-order valence-electron chi connectivity index (χ4n) is 2.23. The van der Waals surface area contributed by atoms with Gasteiger partial charge in [-0.25, -0.2) is 4.68 Å². The highest BCUT2D eigenvalue weighted by Gasteiger charge is 2.08. The predicted molar refractivity (Wildman–Crippen MR) is 97.8 cm³/mol. The van der Waals surface area contributed by atoms with E-state index in [1.807, 2.05) is 30.3 Å². The Morgan fingerprint density at radius 2 is 1.88 bits per heavy atom. The first kappa shape index (κ1) is 16.3. The molecule has 3 aromatic rings. The minimum atomic E-state index is -0.0957. The molecule has 0 saturated heterocycles. The number of thioether (sulfide) groups is 1. The van der Waals surface area contributed by atoms with Crippen LogP contribution in [0.2, 0.25) is 0 Å². The SMILES string of the molecule is Cc1ccc(SCCNC(=O)c2cnn(-c3ccccc3)c2)cc1. The third-order valence-corrected chi connectivity index (χ3v) is 4.56. The third kappa shape index (κ3) is 4.26. The topological polar surface area (TPSA) is 46.9 Å².